The molecule has 1 aromatic carbocycles. The fourth-order valence-corrected chi connectivity index (χ4v) is 4.03. The molecular weight excluding hydrogens is 424 g/mol. The van der Waals surface area contributed by atoms with E-state index in [4.69, 9.17) is 4.74 Å². The maximum atomic E-state index is 12.8. The number of likely N-dealkylation sites (N-methyl/N-ethyl adjacent to an activating group) is 1. The van der Waals surface area contributed by atoms with E-state index in [1.807, 2.05) is 24.3 Å². The van der Waals surface area contributed by atoms with Gasteiger partial charge in [0.25, 0.3) is 0 Å². The first-order valence-electron chi connectivity index (χ1n) is 9.62. The zero-order valence-electron chi connectivity index (χ0n) is 16.3. The molecule has 0 bridgehead atoms. The van der Waals surface area contributed by atoms with Crippen molar-refractivity contribution in [3.63, 3.8) is 0 Å². The van der Waals surface area contributed by atoms with Gasteiger partial charge < -0.3 is 20.3 Å². The predicted molar refractivity (Wildman–Crippen MR) is 111 cm³/mol. The summed E-state index contributed by atoms with van der Waals surface area (Å²) in [6, 6.07) is 6.76. The SMILES string of the molecule is CCOC(=O)C1=C(CN2CCCN(C)CC2)NC(=O)N[C@@H]1c1cccc(Br)c1. The first-order chi connectivity index (χ1) is 13.5. The smallest absolute Gasteiger partial charge is 0.338 e. The Labute approximate surface area is 174 Å². The number of urea groups is 1. The van der Waals surface area contributed by atoms with Crippen LogP contribution in [0.25, 0.3) is 0 Å². The van der Waals surface area contributed by atoms with E-state index < -0.39 is 12.0 Å². The summed E-state index contributed by atoms with van der Waals surface area (Å²) in [4.78, 5) is 29.8. The van der Waals surface area contributed by atoms with Gasteiger partial charge in [-0.2, -0.15) is 0 Å². The number of hydrogen-bond donors (Lipinski definition) is 2. The predicted octanol–water partition coefficient (Wildman–Crippen LogP) is 2.26. The Morgan fingerprint density at radius 2 is 2.11 bits per heavy atom. The molecule has 2 amide bonds. The van der Waals surface area contributed by atoms with Crippen LogP contribution in [0.4, 0.5) is 4.79 Å². The Kier molecular flexibility index (Phi) is 7.09. The van der Waals surface area contributed by atoms with Crippen molar-refractivity contribution in [3.8, 4) is 0 Å². The van der Waals surface area contributed by atoms with Crippen LogP contribution in [-0.4, -0.2) is 68.2 Å². The number of halogens is 1. The van der Waals surface area contributed by atoms with Crippen LogP contribution < -0.4 is 10.6 Å². The molecule has 0 spiro atoms. The molecule has 2 aliphatic rings. The number of carbonyl (C=O) groups excluding carboxylic acids is 2. The highest BCUT2D eigenvalue weighted by molar-refractivity contribution is 9.10. The minimum Gasteiger partial charge on any atom is -0.463 e. The second-order valence-electron chi connectivity index (χ2n) is 7.13. The number of nitrogens with zero attached hydrogens (tertiary/aromatic N) is 2. The maximum Gasteiger partial charge on any atom is 0.338 e. The fourth-order valence-electron chi connectivity index (χ4n) is 3.61. The highest BCUT2D eigenvalue weighted by Crippen LogP contribution is 2.29. The molecule has 1 aromatic rings. The van der Waals surface area contributed by atoms with Crippen LogP contribution in [0.1, 0.15) is 24.9 Å². The molecule has 0 unspecified atom stereocenters. The Hall–Kier alpha value is -1.90. The third kappa shape index (κ3) is 5.12. The molecule has 2 N–H and O–H groups in total. The van der Waals surface area contributed by atoms with Gasteiger partial charge in [-0.05, 0) is 51.2 Å². The van der Waals surface area contributed by atoms with Crippen LogP contribution in [0.2, 0.25) is 0 Å². The average Bonchev–Trinajstić information content (AvgIpc) is 2.85. The summed E-state index contributed by atoms with van der Waals surface area (Å²) in [5.74, 6) is -0.401. The first kappa shape index (κ1) is 20.8. The van der Waals surface area contributed by atoms with Gasteiger partial charge in [-0.1, -0.05) is 28.1 Å². The summed E-state index contributed by atoms with van der Waals surface area (Å²) < 4.78 is 6.22. The summed E-state index contributed by atoms with van der Waals surface area (Å²) in [7, 11) is 2.11. The van der Waals surface area contributed by atoms with Gasteiger partial charge in [0.05, 0.1) is 18.2 Å². The summed E-state index contributed by atoms with van der Waals surface area (Å²) in [5, 5.41) is 5.74. The minimum absolute atomic E-state index is 0.281. The zero-order chi connectivity index (χ0) is 20.1. The number of benzene rings is 1. The summed E-state index contributed by atoms with van der Waals surface area (Å²) in [6.45, 7) is 6.41. The lowest BCUT2D eigenvalue weighted by Gasteiger charge is -2.32. The van der Waals surface area contributed by atoms with Gasteiger partial charge in [-0.25, -0.2) is 9.59 Å². The van der Waals surface area contributed by atoms with Crippen LogP contribution in [0.3, 0.4) is 0 Å². The van der Waals surface area contributed by atoms with Gasteiger partial charge in [0.15, 0.2) is 0 Å². The molecular formula is C20H27BrN4O3. The maximum absolute atomic E-state index is 12.8. The van der Waals surface area contributed by atoms with E-state index in [0.717, 1.165) is 42.6 Å². The molecule has 1 fully saturated rings. The number of esters is 1. The third-order valence-electron chi connectivity index (χ3n) is 5.02. The molecule has 0 aromatic heterocycles. The average molecular weight is 451 g/mol. The van der Waals surface area contributed by atoms with Crippen molar-refractivity contribution in [3.05, 3.63) is 45.6 Å². The second-order valence-corrected chi connectivity index (χ2v) is 8.05. The van der Waals surface area contributed by atoms with Crippen molar-refractivity contribution in [1.29, 1.82) is 0 Å². The van der Waals surface area contributed by atoms with E-state index in [1.165, 1.54) is 0 Å². The van der Waals surface area contributed by atoms with Crippen LogP contribution in [-0.2, 0) is 9.53 Å². The standard InChI is InChI=1S/C20H27BrN4O3/c1-3-28-19(26)17-16(13-25-9-5-8-24(2)10-11-25)22-20(27)23-18(17)14-6-4-7-15(21)12-14/h4,6-7,12,18H,3,5,8-11,13H2,1-2H3,(H2,22,23,27)/t18-/m1/s1. The lowest BCUT2D eigenvalue weighted by Crippen LogP contribution is -2.48. The van der Waals surface area contributed by atoms with Gasteiger partial charge in [0.2, 0.25) is 0 Å². The lowest BCUT2D eigenvalue weighted by atomic mass is 9.95. The number of hydrogen-bond acceptors (Lipinski definition) is 5. The molecule has 0 radical (unpaired) electrons. The molecule has 7 nitrogen and oxygen atoms in total. The van der Waals surface area contributed by atoms with Crippen LogP contribution in [0.5, 0.6) is 0 Å². The fraction of sp³-hybridized carbons (Fsp3) is 0.500. The van der Waals surface area contributed by atoms with E-state index in [9.17, 15) is 9.59 Å². The third-order valence-corrected chi connectivity index (χ3v) is 5.52. The number of nitrogens with one attached hydrogen (secondary N) is 2. The van der Waals surface area contributed by atoms with E-state index in [0.29, 0.717) is 17.8 Å². The molecule has 0 saturated carbocycles. The van der Waals surface area contributed by atoms with Gasteiger partial charge in [0, 0.05) is 29.8 Å². The highest BCUT2D eigenvalue weighted by atomic mass is 79.9. The molecule has 0 aliphatic carbocycles. The monoisotopic (exact) mass is 450 g/mol. The molecule has 8 heteroatoms. The minimum atomic E-state index is -0.546. The van der Waals surface area contributed by atoms with E-state index in [1.54, 1.807) is 6.92 Å². The quantitative estimate of drug-likeness (QED) is 0.672. The first-order valence-corrected chi connectivity index (χ1v) is 10.4. The number of ether oxygens (including phenoxy) is 1. The van der Waals surface area contributed by atoms with Crippen LogP contribution in [0.15, 0.2) is 40.0 Å². The van der Waals surface area contributed by atoms with E-state index >= 15 is 0 Å². The molecule has 28 heavy (non-hydrogen) atoms. The van der Waals surface area contributed by atoms with E-state index in [-0.39, 0.29) is 12.6 Å². The summed E-state index contributed by atoms with van der Waals surface area (Å²) in [6.07, 6.45) is 1.06. The molecule has 3 rings (SSSR count). The van der Waals surface area contributed by atoms with Crippen LogP contribution in [0, 0.1) is 0 Å². The van der Waals surface area contributed by atoms with Gasteiger partial charge in [0.1, 0.15) is 0 Å². The summed E-state index contributed by atoms with van der Waals surface area (Å²) >= 11 is 3.47. The second kappa shape index (κ2) is 9.54. The number of carbonyl (C=O) groups is 2. The zero-order valence-corrected chi connectivity index (χ0v) is 17.9. The molecule has 1 saturated heterocycles. The number of amides is 2. The van der Waals surface area contributed by atoms with Crippen molar-refractivity contribution in [2.45, 2.75) is 19.4 Å². The largest absolute Gasteiger partial charge is 0.463 e. The summed E-state index contributed by atoms with van der Waals surface area (Å²) in [5.41, 5.74) is 1.93. The van der Waals surface area contributed by atoms with Crippen molar-refractivity contribution >= 4 is 27.9 Å². The van der Waals surface area contributed by atoms with E-state index in [2.05, 4.69) is 43.4 Å². The van der Waals surface area contributed by atoms with Gasteiger partial charge in [-0.15, -0.1) is 0 Å². The van der Waals surface area contributed by atoms with Crippen LogP contribution >= 0.6 is 15.9 Å². The molecule has 152 valence electrons. The Morgan fingerprint density at radius 3 is 2.86 bits per heavy atom. The lowest BCUT2D eigenvalue weighted by molar-refractivity contribution is -0.139. The van der Waals surface area contributed by atoms with Crippen molar-refractivity contribution in [2.24, 2.45) is 0 Å². The number of rotatable bonds is 5. The Morgan fingerprint density at radius 1 is 1.29 bits per heavy atom. The molecule has 2 heterocycles. The van der Waals surface area contributed by atoms with Gasteiger partial charge >= 0.3 is 12.0 Å². The Balaban J connectivity index is 1.95. The Bertz CT molecular complexity index is 768. The highest BCUT2D eigenvalue weighted by Gasteiger charge is 2.34. The molecule has 1 atom stereocenters. The van der Waals surface area contributed by atoms with Crippen molar-refractivity contribution in [2.75, 3.05) is 46.4 Å². The normalized spacial score (nSPS) is 21.7. The molecule has 2 aliphatic heterocycles. The van der Waals surface area contributed by atoms with Crippen molar-refractivity contribution < 1.29 is 14.3 Å². The van der Waals surface area contributed by atoms with Crippen molar-refractivity contribution in [1.82, 2.24) is 20.4 Å². The van der Waals surface area contributed by atoms with Gasteiger partial charge in [-0.3, -0.25) is 4.90 Å². The topological polar surface area (TPSA) is 73.9 Å².